The van der Waals surface area contributed by atoms with Gasteiger partial charge in [-0.1, -0.05) is 41.4 Å². The van der Waals surface area contributed by atoms with Gasteiger partial charge in [-0.3, -0.25) is 9.59 Å². The maximum absolute atomic E-state index is 13.3. The summed E-state index contributed by atoms with van der Waals surface area (Å²) in [5.74, 6) is 0.392. The number of hydrogen-bond acceptors (Lipinski definition) is 8. The zero-order chi connectivity index (χ0) is 25.9. The summed E-state index contributed by atoms with van der Waals surface area (Å²) in [6, 6.07) is 17.0. The molecule has 0 aliphatic heterocycles. The number of rotatable bonds is 8. The van der Waals surface area contributed by atoms with Crippen LogP contribution in [-0.2, 0) is 6.42 Å². The van der Waals surface area contributed by atoms with Crippen LogP contribution in [0.15, 0.2) is 69.9 Å². The average Bonchev–Trinajstić information content (AvgIpc) is 3.45. The number of halogens is 2. The molecule has 0 spiro atoms. The van der Waals surface area contributed by atoms with Gasteiger partial charge in [0.25, 0.3) is 0 Å². The molecular weight excluding hydrogens is 517 g/mol. The molecule has 11 heteroatoms. The fourth-order valence-electron chi connectivity index (χ4n) is 3.89. The molecule has 3 aromatic carbocycles. The lowest BCUT2D eigenvalue weighted by Gasteiger charge is -2.09. The van der Waals surface area contributed by atoms with Crippen LogP contribution in [0.2, 0.25) is 10.0 Å². The standard InChI is InChI=1S/C26H19Cl2N5O4/c27-18-11-6-14(13-19(18)28)3-2-12-36-16-9-7-15(8-10-16)23(34)17-4-1-5-20-21(17)24(35)22(29)25(37-20)26-30-32-33-31-26/h1,4-11,13H,2-3,12,29H2,(H,30,31,32,33). The Morgan fingerprint density at radius 2 is 1.86 bits per heavy atom. The number of ether oxygens (including phenoxy) is 1. The summed E-state index contributed by atoms with van der Waals surface area (Å²) < 4.78 is 11.6. The Morgan fingerprint density at radius 1 is 1.05 bits per heavy atom. The number of ketones is 1. The van der Waals surface area contributed by atoms with Gasteiger partial charge in [-0.25, -0.2) is 5.10 Å². The highest BCUT2D eigenvalue weighted by atomic mass is 35.5. The van der Waals surface area contributed by atoms with Crippen LogP contribution in [-0.4, -0.2) is 33.0 Å². The van der Waals surface area contributed by atoms with Crippen molar-refractivity contribution < 1.29 is 13.9 Å². The first-order chi connectivity index (χ1) is 17.9. The van der Waals surface area contributed by atoms with E-state index in [1.807, 2.05) is 12.1 Å². The normalized spacial score (nSPS) is 11.1. The van der Waals surface area contributed by atoms with Crippen molar-refractivity contribution in [2.24, 2.45) is 0 Å². The molecule has 0 atom stereocenters. The lowest BCUT2D eigenvalue weighted by molar-refractivity contribution is 0.104. The van der Waals surface area contributed by atoms with Crippen molar-refractivity contribution in [3.63, 3.8) is 0 Å². The molecule has 0 aliphatic carbocycles. The first-order valence-corrected chi connectivity index (χ1v) is 12.0. The average molecular weight is 536 g/mol. The van der Waals surface area contributed by atoms with E-state index < -0.39 is 5.43 Å². The zero-order valence-corrected chi connectivity index (χ0v) is 20.7. The van der Waals surface area contributed by atoms with Crippen LogP contribution in [0.3, 0.4) is 0 Å². The van der Waals surface area contributed by atoms with Gasteiger partial charge in [0, 0.05) is 11.1 Å². The molecule has 186 valence electrons. The van der Waals surface area contributed by atoms with Crippen LogP contribution in [0, 0.1) is 0 Å². The molecule has 37 heavy (non-hydrogen) atoms. The number of nitrogen functional groups attached to an aromatic ring is 1. The third kappa shape index (κ3) is 5.04. The number of aryl methyl sites for hydroxylation is 1. The van der Waals surface area contributed by atoms with Crippen LogP contribution in [0.1, 0.15) is 27.9 Å². The molecule has 2 heterocycles. The number of aromatic nitrogens is 4. The van der Waals surface area contributed by atoms with Crippen molar-refractivity contribution in [2.75, 3.05) is 12.3 Å². The Labute approximate surface area is 220 Å². The highest BCUT2D eigenvalue weighted by molar-refractivity contribution is 6.42. The number of aromatic amines is 1. The van der Waals surface area contributed by atoms with Gasteiger partial charge in [0.15, 0.2) is 11.5 Å². The minimum atomic E-state index is -0.543. The second-order valence-electron chi connectivity index (χ2n) is 8.16. The van der Waals surface area contributed by atoms with Gasteiger partial charge in [-0.2, -0.15) is 0 Å². The summed E-state index contributed by atoms with van der Waals surface area (Å²) in [5.41, 5.74) is 7.10. The number of H-pyrrole nitrogens is 1. The third-order valence-corrected chi connectivity index (χ3v) is 6.48. The number of hydrogen-bond donors (Lipinski definition) is 2. The second-order valence-corrected chi connectivity index (χ2v) is 8.97. The Hall–Kier alpha value is -4.21. The van der Waals surface area contributed by atoms with Gasteiger partial charge in [-0.05, 0) is 71.3 Å². The predicted molar refractivity (Wildman–Crippen MR) is 140 cm³/mol. The van der Waals surface area contributed by atoms with E-state index in [0.717, 1.165) is 18.4 Å². The van der Waals surface area contributed by atoms with Gasteiger partial charge in [0.1, 0.15) is 17.0 Å². The van der Waals surface area contributed by atoms with Crippen molar-refractivity contribution >= 4 is 45.6 Å². The van der Waals surface area contributed by atoms with E-state index in [1.54, 1.807) is 48.5 Å². The van der Waals surface area contributed by atoms with Crippen LogP contribution < -0.4 is 15.9 Å². The number of nitrogens with zero attached hydrogens (tertiary/aromatic N) is 3. The Balaban J connectivity index is 1.31. The summed E-state index contributed by atoms with van der Waals surface area (Å²) >= 11 is 12.0. The van der Waals surface area contributed by atoms with Crippen molar-refractivity contribution in [3.05, 3.63) is 97.6 Å². The van der Waals surface area contributed by atoms with Gasteiger partial charge < -0.3 is 14.9 Å². The molecule has 5 rings (SSSR count). The van der Waals surface area contributed by atoms with Gasteiger partial charge in [-0.15, -0.1) is 5.10 Å². The van der Waals surface area contributed by atoms with E-state index in [-0.39, 0.29) is 39.6 Å². The molecule has 0 amide bonds. The fourth-order valence-corrected chi connectivity index (χ4v) is 4.21. The van der Waals surface area contributed by atoms with Gasteiger partial charge in [0.05, 0.1) is 22.0 Å². The molecule has 0 fully saturated rings. The molecule has 0 saturated heterocycles. The van der Waals surface area contributed by atoms with Gasteiger partial charge >= 0.3 is 0 Å². The minimum Gasteiger partial charge on any atom is -0.494 e. The molecule has 3 N–H and O–H groups in total. The number of nitrogens with one attached hydrogen (secondary N) is 1. The predicted octanol–water partition coefficient (Wildman–Crippen LogP) is 5.10. The van der Waals surface area contributed by atoms with E-state index in [0.29, 0.717) is 28.0 Å². The molecule has 5 aromatic rings. The summed E-state index contributed by atoms with van der Waals surface area (Å²) in [6.45, 7) is 0.486. The largest absolute Gasteiger partial charge is 0.494 e. The zero-order valence-electron chi connectivity index (χ0n) is 19.2. The Bertz CT molecular complexity index is 1650. The quantitative estimate of drug-likeness (QED) is 0.206. The molecule has 0 unspecified atom stereocenters. The minimum absolute atomic E-state index is 0.00719. The molecular formula is C26H19Cl2N5O4. The number of benzene rings is 3. The molecule has 2 aromatic heterocycles. The highest BCUT2D eigenvalue weighted by Gasteiger charge is 2.21. The highest BCUT2D eigenvalue weighted by Crippen LogP contribution is 2.27. The number of nitrogens with two attached hydrogens (primary N) is 1. The van der Waals surface area contributed by atoms with Crippen molar-refractivity contribution in [1.29, 1.82) is 0 Å². The van der Waals surface area contributed by atoms with Crippen molar-refractivity contribution in [3.8, 4) is 17.3 Å². The molecule has 0 saturated carbocycles. The summed E-state index contributed by atoms with van der Waals surface area (Å²) in [6.07, 6.45) is 1.56. The molecule has 9 nitrogen and oxygen atoms in total. The second kappa shape index (κ2) is 10.4. The van der Waals surface area contributed by atoms with Crippen LogP contribution in [0.5, 0.6) is 5.75 Å². The number of fused-ring (bicyclic) bond motifs is 1. The van der Waals surface area contributed by atoms with E-state index in [2.05, 4.69) is 20.6 Å². The van der Waals surface area contributed by atoms with Crippen molar-refractivity contribution in [1.82, 2.24) is 20.6 Å². The van der Waals surface area contributed by atoms with Gasteiger partial charge in [0.2, 0.25) is 11.3 Å². The van der Waals surface area contributed by atoms with Crippen molar-refractivity contribution in [2.45, 2.75) is 12.8 Å². The first kappa shape index (κ1) is 24.5. The Morgan fingerprint density at radius 3 is 2.59 bits per heavy atom. The number of carbonyl (C=O) groups excluding carboxylic acids is 1. The number of tetrazole rings is 1. The van der Waals surface area contributed by atoms with Crippen LogP contribution in [0.25, 0.3) is 22.6 Å². The first-order valence-electron chi connectivity index (χ1n) is 11.2. The number of carbonyl (C=O) groups is 1. The lowest BCUT2D eigenvalue weighted by Crippen LogP contribution is -2.14. The van der Waals surface area contributed by atoms with E-state index >= 15 is 0 Å². The maximum Gasteiger partial charge on any atom is 0.217 e. The third-order valence-electron chi connectivity index (χ3n) is 5.74. The smallest absolute Gasteiger partial charge is 0.217 e. The van der Waals surface area contributed by atoms with Crippen LogP contribution >= 0.6 is 23.2 Å². The SMILES string of the molecule is Nc1c(-c2nnn[nH]2)oc2cccc(C(=O)c3ccc(OCCCc4ccc(Cl)c(Cl)c4)cc3)c2c1=O. The molecule has 0 radical (unpaired) electrons. The fraction of sp³-hybridized carbons (Fsp3) is 0.115. The lowest BCUT2D eigenvalue weighted by atomic mass is 9.98. The monoisotopic (exact) mass is 535 g/mol. The maximum atomic E-state index is 13.3. The number of anilines is 1. The topological polar surface area (TPSA) is 137 Å². The molecule has 0 bridgehead atoms. The Kier molecular flexibility index (Phi) is 6.89. The van der Waals surface area contributed by atoms with E-state index in [1.165, 1.54) is 0 Å². The summed E-state index contributed by atoms with van der Waals surface area (Å²) in [7, 11) is 0. The van der Waals surface area contributed by atoms with Crippen LogP contribution in [0.4, 0.5) is 5.69 Å². The summed E-state index contributed by atoms with van der Waals surface area (Å²) in [5, 5.41) is 14.3. The van der Waals surface area contributed by atoms with E-state index in [9.17, 15) is 9.59 Å². The molecule has 0 aliphatic rings. The summed E-state index contributed by atoms with van der Waals surface area (Å²) in [4.78, 5) is 26.4. The van der Waals surface area contributed by atoms with E-state index in [4.69, 9.17) is 38.1 Å².